The average Bonchev–Trinajstić information content (AvgIpc) is 3.65. The van der Waals surface area contributed by atoms with E-state index in [-0.39, 0.29) is 16.5 Å². The SMILES string of the molecule is O=C(C1=C(O)C(=O)N(c2nnc(SCc3ccccc3)s2)C1c1ccc(F)cc1)c1cc2ccccc2o1. The number of hydrogen-bond acceptors (Lipinski definition) is 8. The summed E-state index contributed by atoms with van der Waals surface area (Å²) >= 11 is 2.63. The molecular formula is C28H18FN3O4S2. The van der Waals surface area contributed by atoms with Crippen molar-refractivity contribution in [2.24, 2.45) is 0 Å². The van der Waals surface area contributed by atoms with E-state index in [0.29, 0.717) is 26.6 Å². The summed E-state index contributed by atoms with van der Waals surface area (Å²) in [7, 11) is 0. The van der Waals surface area contributed by atoms with Gasteiger partial charge in [-0.05, 0) is 35.4 Å². The summed E-state index contributed by atoms with van der Waals surface area (Å²) in [4.78, 5) is 28.2. The van der Waals surface area contributed by atoms with Gasteiger partial charge in [0.2, 0.25) is 10.9 Å². The molecule has 0 bridgehead atoms. The Morgan fingerprint density at radius 1 is 1.03 bits per heavy atom. The van der Waals surface area contributed by atoms with Crippen molar-refractivity contribution in [3.05, 3.63) is 119 Å². The Kier molecular flexibility index (Phi) is 6.26. The Balaban J connectivity index is 1.37. The number of hydrogen-bond donors (Lipinski definition) is 1. The molecule has 3 aromatic carbocycles. The molecule has 0 saturated heterocycles. The van der Waals surface area contributed by atoms with E-state index in [0.717, 1.165) is 5.56 Å². The standard InChI is InChI=1S/C28H18FN3O4S2/c29-19-12-10-17(11-13-19)23-22(24(33)21-14-18-8-4-5-9-20(18)36-21)25(34)26(35)32(23)27-30-31-28(38-27)37-15-16-6-2-1-3-7-16/h1-14,23,34H,15H2. The first kappa shape index (κ1) is 24.1. The van der Waals surface area contributed by atoms with Gasteiger partial charge in [0.15, 0.2) is 15.9 Å². The molecule has 3 heterocycles. The van der Waals surface area contributed by atoms with Gasteiger partial charge in [0.1, 0.15) is 11.4 Å². The maximum absolute atomic E-state index is 13.8. The molecule has 7 nitrogen and oxygen atoms in total. The summed E-state index contributed by atoms with van der Waals surface area (Å²) in [6.45, 7) is 0. The fraction of sp³-hybridized carbons (Fsp3) is 0.0714. The molecule has 0 saturated carbocycles. The van der Waals surface area contributed by atoms with Crippen molar-refractivity contribution in [3.63, 3.8) is 0 Å². The number of Topliss-reactive ketones (excluding diaryl/α,β-unsaturated/α-hetero) is 1. The fourth-order valence-electron chi connectivity index (χ4n) is 4.30. The number of carbonyl (C=O) groups excluding carboxylic acids is 2. The van der Waals surface area contributed by atoms with E-state index in [1.165, 1.54) is 52.3 Å². The van der Waals surface area contributed by atoms with Crippen molar-refractivity contribution in [1.82, 2.24) is 10.2 Å². The van der Waals surface area contributed by atoms with E-state index in [1.807, 2.05) is 36.4 Å². The number of thioether (sulfide) groups is 1. The van der Waals surface area contributed by atoms with E-state index in [1.54, 1.807) is 24.3 Å². The van der Waals surface area contributed by atoms with Crippen molar-refractivity contribution in [1.29, 1.82) is 0 Å². The Labute approximate surface area is 224 Å². The monoisotopic (exact) mass is 543 g/mol. The third-order valence-electron chi connectivity index (χ3n) is 6.09. The Hall–Kier alpha value is -4.28. The summed E-state index contributed by atoms with van der Waals surface area (Å²) < 4.78 is 20.1. The number of aromatic nitrogens is 2. The summed E-state index contributed by atoms with van der Waals surface area (Å²) in [5.41, 5.74) is 1.86. The van der Waals surface area contributed by atoms with Gasteiger partial charge in [-0.1, -0.05) is 83.8 Å². The topological polar surface area (TPSA) is 96.5 Å². The molecule has 2 aromatic heterocycles. The van der Waals surface area contributed by atoms with Gasteiger partial charge in [-0.25, -0.2) is 4.39 Å². The molecule has 10 heteroatoms. The van der Waals surface area contributed by atoms with Gasteiger partial charge >= 0.3 is 0 Å². The van der Waals surface area contributed by atoms with Crippen LogP contribution < -0.4 is 4.90 Å². The van der Waals surface area contributed by atoms with Crippen LogP contribution in [-0.4, -0.2) is 27.0 Å². The lowest BCUT2D eigenvalue weighted by molar-refractivity contribution is -0.117. The first-order valence-electron chi connectivity index (χ1n) is 11.6. The lowest BCUT2D eigenvalue weighted by atomic mass is 9.95. The number of nitrogens with zero attached hydrogens (tertiary/aromatic N) is 3. The van der Waals surface area contributed by atoms with Crippen LogP contribution in [0.2, 0.25) is 0 Å². The zero-order chi connectivity index (χ0) is 26.2. The molecular weight excluding hydrogens is 525 g/mol. The lowest BCUT2D eigenvalue weighted by Gasteiger charge is -2.23. The zero-order valence-corrected chi connectivity index (χ0v) is 21.2. The first-order valence-corrected chi connectivity index (χ1v) is 13.4. The molecule has 5 aromatic rings. The Morgan fingerprint density at radius 2 is 1.76 bits per heavy atom. The molecule has 1 atom stereocenters. The predicted octanol–water partition coefficient (Wildman–Crippen LogP) is 6.50. The number of benzene rings is 3. The maximum Gasteiger partial charge on any atom is 0.296 e. The highest BCUT2D eigenvalue weighted by atomic mass is 32.2. The van der Waals surface area contributed by atoms with E-state index in [9.17, 15) is 19.1 Å². The number of halogens is 1. The van der Waals surface area contributed by atoms with Crippen LogP contribution in [0.5, 0.6) is 0 Å². The van der Waals surface area contributed by atoms with Gasteiger partial charge in [-0.15, -0.1) is 10.2 Å². The van der Waals surface area contributed by atoms with E-state index in [4.69, 9.17) is 4.42 Å². The molecule has 0 spiro atoms. The summed E-state index contributed by atoms with van der Waals surface area (Å²) in [6, 6.07) is 22.9. The van der Waals surface area contributed by atoms with E-state index in [2.05, 4.69) is 10.2 Å². The normalized spacial score (nSPS) is 15.6. The maximum atomic E-state index is 13.8. The molecule has 0 aliphatic carbocycles. The zero-order valence-electron chi connectivity index (χ0n) is 19.6. The molecule has 1 N–H and O–H groups in total. The van der Waals surface area contributed by atoms with E-state index >= 15 is 0 Å². The van der Waals surface area contributed by atoms with Gasteiger partial charge < -0.3 is 9.52 Å². The third kappa shape index (κ3) is 4.37. The van der Waals surface area contributed by atoms with Gasteiger partial charge in [0.25, 0.3) is 5.91 Å². The van der Waals surface area contributed by atoms with Gasteiger partial charge in [0.05, 0.1) is 11.6 Å². The number of carbonyl (C=O) groups is 2. The number of rotatable bonds is 7. The van der Waals surface area contributed by atoms with Crippen molar-refractivity contribution >= 4 is 50.9 Å². The fourth-order valence-corrected chi connectivity index (χ4v) is 6.12. The van der Waals surface area contributed by atoms with Crippen LogP contribution in [0.1, 0.15) is 27.7 Å². The minimum absolute atomic E-state index is 0.0223. The predicted molar refractivity (Wildman–Crippen MR) is 143 cm³/mol. The molecule has 1 aliphatic rings. The number of fused-ring (bicyclic) bond motifs is 1. The number of aliphatic hydroxyl groups excluding tert-OH is 1. The molecule has 188 valence electrons. The van der Waals surface area contributed by atoms with Crippen LogP contribution in [0.3, 0.4) is 0 Å². The highest BCUT2D eigenvalue weighted by Crippen LogP contribution is 2.44. The molecule has 6 rings (SSSR count). The van der Waals surface area contributed by atoms with E-state index < -0.39 is 29.3 Å². The molecule has 1 amide bonds. The number of aliphatic hydroxyl groups is 1. The average molecular weight is 544 g/mol. The van der Waals surface area contributed by atoms with Crippen LogP contribution in [0.25, 0.3) is 11.0 Å². The molecule has 1 aliphatic heterocycles. The van der Waals surface area contributed by atoms with Crippen molar-refractivity contribution in [3.8, 4) is 0 Å². The van der Waals surface area contributed by atoms with Gasteiger partial charge in [0, 0.05) is 11.1 Å². The Morgan fingerprint density at radius 3 is 2.53 bits per heavy atom. The van der Waals surface area contributed by atoms with Crippen LogP contribution in [0.4, 0.5) is 9.52 Å². The van der Waals surface area contributed by atoms with Crippen molar-refractivity contribution in [2.45, 2.75) is 16.1 Å². The third-order valence-corrected chi connectivity index (χ3v) is 8.22. The molecule has 0 radical (unpaired) electrons. The summed E-state index contributed by atoms with van der Waals surface area (Å²) in [5, 5.41) is 20.3. The minimum Gasteiger partial charge on any atom is -0.503 e. The van der Waals surface area contributed by atoms with Crippen LogP contribution in [0.15, 0.2) is 105 Å². The number of anilines is 1. The number of amides is 1. The summed E-state index contributed by atoms with van der Waals surface area (Å²) in [5.74, 6) is -1.99. The summed E-state index contributed by atoms with van der Waals surface area (Å²) in [6.07, 6.45) is 0. The molecule has 0 fully saturated rings. The smallest absolute Gasteiger partial charge is 0.296 e. The highest BCUT2D eigenvalue weighted by molar-refractivity contribution is 8.00. The van der Waals surface area contributed by atoms with Crippen LogP contribution >= 0.6 is 23.1 Å². The number of para-hydroxylation sites is 1. The quantitative estimate of drug-likeness (QED) is 0.142. The molecule has 38 heavy (non-hydrogen) atoms. The Bertz CT molecular complexity index is 1660. The second-order valence-electron chi connectivity index (χ2n) is 8.49. The van der Waals surface area contributed by atoms with Crippen LogP contribution in [0, 0.1) is 5.82 Å². The van der Waals surface area contributed by atoms with Crippen molar-refractivity contribution in [2.75, 3.05) is 4.90 Å². The van der Waals surface area contributed by atoms with Gasteiger partial charge in [-0.3, -0.25) is 14.5 Å². The largest absolute Gasteiger partial charge is 0.503 e. The second-order valence-corrected chi connectivity index (χ2v) is 10.7. The molecule has 1 unspecified atom stereocenters. The number of ketones is 1. The van der Waals surface area contributed by atoms with Gasteiger partial charge in [-0.2, -0.15) is 0 Å². The van der Waals surface area contributed by atoms with Crippen LogP contribution in [-0.2, 0) is 10.5 Å². The van der Waals surface area contributed by atoms with Crippen molar-refractivity contribution < 1.29 is 23.5 Å². The minimum atomic E-state index is -1.05. The number of furan rings is 1. The first-order chi connectivity index (χ1) is 18.5. The lowest BCUT2D eigenvalue weighted by Crippen LogP contribution is -2.31. The highest BCUT2D eigenvalue weighted by Gasteiger charge is 2.46. The second kappa shape index (κ2) is 9.88.